The third-order valence-electron chi connectivity index (χ3n) is 5.35. The third-order valence-corrected chi connectivity index (χ3v) is 5.81. The monoisotopic (exact) mass is 445 g/mol. The summed E-state index contributed by atoms with van der Waals surface area (Å²) in [7, 11) is -4.07. The van der Waals surface area contributed by atoms with Gasteiger partial charge in [-0.1, -0.05) is 11.3 Å². The first-order valence-electron chi connectivity index (χ1n) is 9.49. The molecule has 4 heterocycles. The number of nitrogens with one attached hydrogen (secondary N) is 1. The highest BCUT2D eigenvalue weighted by atomic mass is 32.2. The minimum absolute atomic E-state index is 0.195. The van der Waals surface area contributed by atoms with Gasteiger partial charge in [-0.25, -0.2) is 24.8 Å². The summed E-state index contributed by atoms with van der Waals surface area (Å²) in [5.41, 5.74) is 1.75. The molecule has 1 fully saturated rings. The van der Waals surface area contributed by atoms with Crippen LogP contribution >= 0.6 is 0 Å². The highest BCUT2D eigenvalue weighted by Gasteiger charge is 2.36. The number of rotatable bonds is 6. The summed E-state index contributed by atoms with van der Waals surface area (Å²) < 4.78 is 30.2. The van der Waals surface area contributed by atoms with Gasteiger partial charge < -0.3 is 10.4 Å². The number of nitrogens with zero attached hydrogens (tertiary/aromatic N) is 7. The molecular formula is C17H19N9O4S. The molecule has 4 aromatic heterocycles. The molecule has 31 heavy (non-hydrogen) atoms. The van der Waals surface area contributed by atoms with Crippen LogP contribution in [0.25, 0.3) is 16.8 Å². The number of nitrogens with two attached hydrogens (primary N) is 1. The second-order valence-electron chi connectivity index (χ2n) is 7.36. The summed E-state index contributed by atoms with van der Waals surface area (Å²) in [5, 5.41) is 26.9. The molecule has 162 valence electrons. The predicted octanol–water partition coefficient (Wildman–Crippen LogP) is 0.145. The lowest BCUT2D eigenvalue weighted by Crippen LogP contribution is -2.24. The average molecular weight is 445 g/mol. The van der Waals surface area contributed by atoms with Crippen LogP contribution in [-0.4, -0.2) is 60.6 Å². The van der Waals surface area contributed by atoms with Gasteiger partial charge in [0.15, 0.2) is 17.0 Å². The van der Waals surface area contributed by atoms with Gasteiger partial charge in [0, 0.05) is 12.1 Å². The van der Waals surface area contributed by atoms with Crippen molar-refractivity contribution in [2.24, 2.45) is 11.1 Å². The first kappa shape index (κ1) is 19.7. The number of fused-ring (bicyclic) bond motifs is 2. The van der Waals surface area contributed by atoms with Crippen molar-refractivity contribution in [3.63, 3.8) is 0 Å². The van der Waals surface area contributed by atoms with E-state index in [2.05, 4.69) is 34.8 Å². The van der Waals surface area contributed by atoms with Crippen molar-refractivity contribution < 1.29 is 17.7 Å². The van der Waals surface area contributed by atoms with E-state index >= 15 is 0 Å². The summed E-state index contributed by atoms with van der Waals surface area (Å²) >= 11 is 0. The Hall–Kier alpha value is -3.20. The lowest BCUT2D eigenvalue weighted by Gasteiger charge is -2.12. The normalized spacial score (nSPS) is 21.8. The first-order chi connectivity index (χ1) is 14.9. The van der Waals surface area contributed by atoms with E-state index in [1.54, 1.807) is 10.9 Å². The van der Waals surface area contributed by atoms with Crippen molar-refractivity contribution in [2.45, 2.75) is 25.0 Å². The minimum atomic E-state index is -4.07. The predicted molar refractivity (Wildman–Crippen MR) is 108 cm³/mol. The lowest BCUT2D eigenvalue weighted by atomic mass is 10.1. The number of anilines is 2. The van der Waals surface area contributed by atoms with Gasteiger partial charge in [-0.05, 0) is 25.0 Å². The Balaban J connectivity index is 1.41. The molecule has 1 saturated carbocycles. The molecule has 4 aromatic rings. The van der Waals surface area contributed by atoms with Crippen molar-refractivity contribution >= 4 is 38.8 Å². The Labute approximate surface area is 176 Å². The van der Waals surface area contributed by atoms with Crippen molar-refractivity contribution in [1.29, 1.82) is 0 Å². The van der Waals surface area contributed by atoms with Crippen molar-refractivity contribution in [3.05, 3.63) is 36.9 Å². The Morgan fingerprint density at radius 1 is 1.26 bits per heavy atom. The Kier molecular flexibility index (Phi) is 4.77. The average Bonchev–Trinajstić information content (AvgIpc) is 3.43. The number of aliphatic hydroxyl groups excluding tert-OH is 1. The molecule has 5 rings (SSSR count). The molecule has 0 bridgehead atoms. The molecule has 0 saturated heterocycles. The van der Waals surface area contributed by atoms with E-state index < -0.39 is 22.3 Å². The van der Waals surface area contributed by atoms with Crippen molar-refractivity contribution in [3.8, 4) is 0 Å². The van der Waals surface area contributed by atoms with Crippen molar-refractivity contribution in [1.82, 2.24) is 34.3 Å². The van der Waals surface area contributed by atoms with E-state index in [1.165, 1.54) is 6.33 Å². The van der Waals surface area contributed by atoms with Gasteiger partial charge in [0.05, 0.1) is 24.9 Å². The van der Waals surface area contributed by atoms with Crippen LogP contribution in [0, 0.1) is 5.92 Å². The molecule has 0 amide bonds. The van der Waals surface area contributed by atoms with E-state index in [-0.39, 0.29) is 12.6 Å². The molecule has 4 N–H and O–H groups in total. The lowest BCUT2D eigenvalue weighted by molar-refractivity contribution is 0.100. The largest absolute Gasteiger partial charge is 0.393 e. The molecular weight excluding hydrogens is 426 g/mol. The fraction of sp³-hybridized carbons (Fsp3) is 0.353. The van der Waals surface area contributed by atoms with Crippen LogP contribution in [-0.2, 0) is 14.5 Å². The van der Waals surface area contributed by atoms with E-state index in [1.807, 2.05) is 28.8 Å². The second-order valence-corrected chi connectivity index (χ2v) is 8.58. The zero-order chi connectivity index (χ0) is 21.6. The quantitative estimate of drug-likeness (QED) is 0.370. The van der Waals surface area contributed by atoms with Crippen LogP contribution in [0.1, 0.15) is 18.9 Å². The van der Waals surface area contributed by atoms with Gasteiger partial charge >= 0.3 is 10.3 Å². The molecule has 3 atom stereocenters. The summed E-state index contributed by atoms with van der Waals surface area (Å²) in [4.78, 5) is 12.9. The topological polar surface area (TPSA) is 175 Å². The zero-order valence-electron chi connectivity index (χ0n) is 16.1. The van der Waals surface area contributed by atoms with E-state index in [4.69, 9.17) is 5.14 Å². The molecule has 0 radical (unpaired) electrons. The minimum Gasteiger partial charge on any atom is -0.393 e. The number of imidazole rings is 1. The smallest absolute Gasteiger partial charge is 0.333 e. The standard InChI is InChI=1S/C17H19N9O4S/c18-31(28,29)30-8-10-5-11(6-12(10)27)26-17-15(23-24-26)16(20-9-21-17)22-14-7-19-13-3-1-2-4-25(13)14/h1-4,7,9-12,27H,5-6,8H2,(H2,18,28,29)(H,20,21,22). The van der Waals surface area contributed by atoms with Gasteiger partial charge in [0.1, 0.15) is 17.8 Å². The van der Waals surface area contributed by atoms with Gasteiger partial charge in [0.25, 0.3) is 0 Å². The zero-order valence-corrected chi connectivity index (χ0v) is 16.9. The Morgan fingerprint density at radius 3 is 2.97 bits per heavy atom. The Morgan fingerprint density at radius 2 is 2.13 bits per heavy atom. The van der Waals surface area contributed by atoms with E-state index in [0.29, 0.717) is 35.6 Å². The highest BCUT2D eigenvalue weighted by Crippen LogP contribution is 2.36. The van der Waals surface area contributed by atoms with Crippen LogP contribution in [0.2, 0.25) is 0 Å². The molecule has 0 aliphatic heterocycles. The number of hydrogen-bond acceptors (Lipinski definition) is 10. The molecule has 0 aromatic carbocycles. The maximum Gasteiger partial charge on any atom is 0.333 e. The van der Waals surface area contributed by atoms with Gasteiger partial charge in [0.2, 0.25) is 0 Å². The van der Waals surface area contributed by atoms with E-state index in [0.717, 1.165) is 5.65 Å². The van der Waals surface area contributed by atoms with Gasteiger partial charge in [-0.2, -0.15) is 8.42 Å². The molecule has 1 aliphatic carbocycles. The van der Waals surface area contributed by atoms with Crippen LogP contribution in [0.3, 0.4) is 0 Å². The van der Waals surface area contributed by atoms with Crippen LogP contribution in [0.15, 0.2) is 36.9 Å². The third kappa shape index (κ3) is 3.81. The molecule has 1 aliphatic rings. The Bertz CT molecular complexity index is 1350. The summed E-state index contributed by atoms with van der Waals surface area (Å²) in [5.74, 6) is 0.774. The van der Waals surface area contributed by atoms with Crippen LogP contribution in [0.5, 0.6) is 0 Å². The SMILES string of the molecule is NS(=O)(=O)OCC1CC(n2nnc3c(Nc4cnc5ccccn45)ncnc32)CC1O. The number of aliphatic hydroxyl groups is 1. The first-order valence-corrected chi connectivity index (χ1v) is 11.0. The van der Waals surface area contributed by atoms with Crippen LogP contribution < -0.4 is 10.5 Å². The van der Waals surface area contributed by atoms with Gasteiger partial charge in [-0.3, -0.25) is 8.58 Å². The second kappa shape index (κ2) is 7.49. The summed E-state index contributed by atoms with van der Waals surface area (Å²) in [6, 6.07) is 5.45. The molecule has 0 spiro atoms. The fourth-order valence-corrected chi connectivity index (χ4v) is 4.25. The van der Waals surface area contributed by atoms with Gasteiger partial charge in [-0.15, -0.1) is 5.10 Å². The maximum atomic E-state index is 11.0. The number of pyridine rings is 1. The van der Waals surface area contributed by atoms with Crippen molar-refractivity contribution in [2.75, 3.05) is 11.9 Å². The molecule has 13 nitrogen and oxygen atoms in total. The number of hydrogen-bond donors (Lipinski definition) is 3. The number of aromatic nitrogens is 7. The van der Waals surface area contributed by atoms with Crippen LogP contribution in [0.4, 0.5) is 11.6 Å². The maximum absolute atomic E-state index is 11.0. The molecule has 3 unspecified atom stereocenters. The van der Waals surface area contributed by atoms with E-state index in [9.17, 15) is 13.5 Å². The highest BCUT2D eigenvalue weighted by molar-refractivity contribution is 7.84. The fourth-order valence-electron chi connectivity index (χ4n) is 3.88. The summed E-state index contributed by atoms with van der Waals surface area (Å²) in [6.07, 6.45) is 5.01. The summed E-state index contributed by atoms with van der Waals surface area (Å²) in [6.45, 7) is -0.195. The molecule has 14 heteroatoms.